The van der Waals surface area contributed by atoms with Gasteiger partial charge >= 0.3 is 0 Å². The molecule has 1 aromatic rings. The van der Waals surface area contributed by atoms with Crippen molar-refractivity contribution >= 4 is 23.4 Å². The van der Waals surface area contributed by atoms with Crippen LogP contribution in [0.25, 0.3) is 0 Å². The number of aliphatic hydroxyl groups is 1. The van der Waals surface area contributed by atoms with Crippen LogP contribution in [0.1, 0.15) is 24.9 Å². The Morgan fingerprint density at radius 2 is 2.18 bits per heavy atom. The van der Waals surface area contributed by atoms with Crippen LogP contribution < -0.4 is 5.32 Å². The molecule has 4 heteroatoms. The van der Waals surface area contributed by atoms with Gasteiger partial charge in [0.2, 0.25) is 0 Å². The number of thioether (sulfide) groups is 1. The largest absolute Gasteiger partial charge is 0.388 e. The molecule has 1 aromatic carbocycles. The number of hydrogen-bond acceptors (Lipinski definition) is 3. The van der Waals surface area contributed by atoms with Crippen molar-refractivity contribution in [3.05, 3.63) is 34.9 Å². The zero-order valence-corrected chi connectivity index (χ0v) is 11.5. The van der Waals surface area contributed by atoms with E-state index in [1.165, 1.54) is 5.56 Å². The van der Waals surface area contributed by atoms with E-state index in [0.717, 1.165) is 22.9 Å². The van der Waals surface area contributed by atoms with Gasteiger partial charge in [0, 0.05) is 23.4 Å². The monoisotopic (exact) mass is 271 g/mol. The third-order valence-corrected chi connectivity index (χ3v) is 4.68. The molecular formula is C13H18ClNOS. The molecule has 0 radical (unpaired) electrons. The average Bonchev–Trinajstić information content (AvgIpc) is 2.75. The average molecular weight is 272 g/mol. The van der Waals surface area contributed by atoms with Gasteiger partial charge in [-0.05, 0) is 36.8 Å². The van der Waals surface area contributed by atoms with Crippen LogP contribution in [0.3, 0.4) is 0 Å². The van der Waals surface area contributed by atoms with Gasteiger partial charge in [-0.25, -0.2) is 0 Å². The van der Waals surface area contributed by atoms with E-state index in [1.54, 1.807) is 0 Å². The number of nitrogens with one attached hydrogen (secondary N) is 1. The molecule has 0 aliphatic carbocycles. The van der Waals surface area contributed by atoms with Crippen LogP contribution in [-0.2, 0) is 0 Å². The van der Waals surface area contributed by atoms with E-state index in [-0.39, 0.29) is 6.04 Å². The minimum Gasteiger partial charge on any atom is -0.388 e. The van der Waals surface area contributed by atoms with Crippen molar-refractivity contribution in [3.63, 3.8) is 0 Å². The van der Waals surface area contributed by atoms with Crippen molar-refractivity contribution in [2.45, 2.75) is 25.0 Å². The van der Waals surface area contributed by atoms with Crippen LogP contribution in [0.2, 0.25) is 5.02 Å². The highest BCUT2D eigenvalue weighted by molar-refractivity contribution is 7.99. The quantitative estimate of drug-likeness (QED) is 0.883. The maximum absolute atomic E-state index is 10.2. The SMILES string of the molecule is CC(NCC1(O)CCSC1)c1ccc(Cl)cc1. The first-order valence-corrected chi connectivity index (χ1v) is 7.41. The van der Waals surface area contributed by atoms with Gasteiger partial charge in [-0.15, -0.1) is 0 Å². The summed E-state index contributed by atoms with van der Waals surface area (Å²) in [6.07, 6.45) is 0.887. The highest BCUT2D eigenvalue weighted by Gasteiger charge is 2.31. The first kappa shape index (κ1) is 13.2. The summed E-state index contributed by atoms with van der Waals surface area (Å²) in [4.78, 5) is 0. The third kappa shape index (κ3) is 3.62. The molecule has 2 rings (SSSR count). The molecule has 1 saturated heterocycles. The Kier molecular flexibility index (Phi) is 4.36. The third-order valence-electron chi connectivity index (χ3n) is 3.19. The molecule has 0 amide bonds. The predicted octanol–water partition coefficient (Wildman–Crippen LogP) is 2.86. The molecule has 1 aliphatic rings. The van der Waals surface area contributed by atoms with E-state index in [0.29, 0.717) is 6.54 Å². The summed E-state index contributed by atoms with van der Waals surface area (Å²) in [5.41, 5.74) is 0.675. The van der Waals surface area contributed by atoms with Gasteiger partial charge in [0.15, 0.2) is 0 Å². The fourth-order valence-electron chi connectivity index (χ4n) is 1.95. The van der Waals surface area contributed by atoms with Gasteiger partial charge in [-0.2, -0.15) is 11.8 Å². The van der Waals surface area contributed by atoms with Crippen molar-refractivity contribution in [1.29, 1.82) is 0 Å². The zero-order valence-electron chi connectivity index (χ0n) is 9.95. The molecular weight excluding hydrogens is 254 g/mol. The zero-order chi connectivity index (χ0) is 12.3. The molecule has 0 saturated carbocycles. The van der Waals surface area contributed by atoms with Gasteiger partial charge in [-0.1, -0.05) is 23.7 Å². The summed E-state index contributed by atoms with van der Waals surface area (Å²) >= 11 is 7.68. The van der Waals surface area contributed by atoms with E-state index in [2.05, 4.69) is 12.2 Å². The molecule has 2 N–H and O–H groups in total. The van der Waals surface area contributed by atoms with Crippen molar-refractivity contribution in [3.8, 4) is 0 Å². The summed E-state index contributed by atoms with van der Waals surface area (Å²) in [5.74, 6) is 1.90. The maximum Gasteiger partial charge on any atom is 0.0869 e. The van der Waals surface area contributed by atoms with Gasteiger partial charge in [0.1, 0.15) is 0 Å². The van der Waals surface area contributed by atoms with Crippen molar-refractivity contribution in [1.82, 2.24) is 5.32 Å². The summed E-state index contributed by atoms with van der Waals surface area (Å²) < 4.78 is 0. The van der Waals surface area contributed by atoms with Crippen LogP contribution in [-0.4, -0.2) is 28.8 Å². The second-order valence-corrected chi connectivity index (χ2v) is 6.22. The summed E-state index contributed by atoms with van der Waals surface area (Å²) in [6, 6.07) is 8.08. The molecule has 0 spiro atoms. The molecule has 1 fully saturated rings. The molecule has 2 nitrogen and oxygen atoms in total. The number of halogens is 1. The van der Waals surface area contributed by atoms with Gasteiger partial charge < -0.3 is 10.4 Å². The minimum absolute atomic E-state index is 0.238. The Hall–Kier alpha value is -0.220. The maximum atomic E-state index is 10.2. The molecule has 0 bridgehead atoms. The Labute approximate surface area is 112 Å². The number of rotatable bonds is 4. The summed E-state index contributed by atoms with van der Waals surface area (Å²) in [7, 11) is 0. The fourth-order valence-corrected chi connectivity index (χ4v) is 3.37. The summed E-state index contributed by atoms with van der Waals surface area (Å²) in [6.45, 7) is 2.76. The molecule has 1 aliphatic heterocycles. The molecule has 2 unspecified atom stereocenters. The first-order valence-electron chi connectivity index (χ1n) is 5.88. The normalized spacial score (nSPS) is 26.1. The van der Waals surface area contributed by atoms with Crippen LogP contribution in [0.4, 0.5) is 0 Å². The van der Waals surface area contributed by atoms with E-state index in [9.17, 15) is 5.11 Å². The van der Waals surface area contributed by atoms with E-state index >= 15 is 0 Å². The second kappa shape index (κ2) is 5.61. The van der Waals surface area contributed by atoms with E-state index < -0.39 is 5.60 Å². The van der Waals surface area contributed by atoms with Gasteiger partial charge in [-0.3, -0.25) is 0 Å². The van der Waals surface area contributed by atoms with Crippen molar-refractivity contribution in [2.24, 2.45) is 0 Å². The smallest absolute Gasteiger partial charge is 0.0869 e. The Morgan fingerprint density at radius 1 is 1.47 bits per heavy atom. The van der Waals surface area contributed by atoms with Crippen molar-refractivity contribution < 1.29 is 5.11 Å². The number of hydrogen-bond donors (Lipinski definition) is 2. The Morgan fingerprint density at radius 3 is 2.76 bits per heavy atom. The van der Waals surface area contributed by atoms with Crippen LogP contribution >= 0.6 is 23.4 Å². The molecule has 17 heavy (non-hydrogen) atoms. The molecule has 2 atom stereocenters. The lowest BCUT2D eigenvalue weighted by Gasteiger charge is -2.24. The summed E-state index contributed by atoms with van der Waals surface area (Å²) in [5, 5.41) is 14.4. The first-order chi connectivity index (χ1) is 8.09. The topological polar surface area (TPSA) is 32.3 Å². The van der Waals surface area contributed by atoms with Crippen LogP contribution in [0.5, 0.6) is 0 Å². The van der Waals surface area contributed by atoms with E-state index in [4.69, 9.17) is 11.6 Å². The van der Waals surface area contributed by atoms with Crippen LogP contribution in [0.15, 0.2) is 24.3 Å². The Balaban J connectivity index is 1.88. The number of benzene rings is 1. The van der Waals surface area contributed by atoms with Gasteiger partial charge in [0.25, 0.3) is 0 Å². The standard InChI is InChI=1S/C13H18ClNOS/c1-10(11-2-4-12(14)5-3-11)15-8-13(16)6-7-17-9-13/h2-5,10,15-16H,6-9H2,1H3. The predicted molar refractivity (Wildman–Crippen MR) is 74.8 cm³/mol. The Bertz CT molecular complexity index is 362. The van der Waals surface area contributed by atoms with Crippen LogP contribution in [0, 0.1) is 0 Å². The lowest BCUT2D eigenvalue weighted by atomic mass is 10.0. The lowest BCUT2D eigenvalue weighted by Crippen LogP contribution is -2.41. The molecule has 0 aromatic heterocycles. The minimum atomic E-state index is -0.522. The fraction of sp³-hybridized carbons (Fsp3) is 0.538. The molecule has 1 heterocycles. The van der Waals surface area contributed by atoms with Gasteiger partial charge in [0.05, 0.1) is 5.60 Å². The lowest BCUT2D eigenvalue weighted by molar-refractivity contribution is 0.0651. The van der Waals surface area contributed by atoms with E-state index in [1.807, 2.05) is 36.0 Å². The van der Waals surface area contributed by atoms with Crippen molar-refractivity contribution in [2.75, 3.05) is 18.1 Å². The highest BCUT2D eigenvalue weighted by atomic mass is 35.5. The second-order valence-electron chi connectivity index (χ2n) is 4.68. The highest BCUT2D eigenvalue weighted by Crippen LogP contribution is 2.27. The molecule has 94 valence electrons.